The lowest BCUT2D eigenvalue weighted by atomic mass is 10.2. The van der Waals surface area contributed by atoms with E-state index in [1.807, 2.05) is 0 Å². The van der Waals surface area contributed by atoms with Gasteiger partial charge in [-0.3, -0.25) is 4.79 Å². The quantitative estimate of drug-likeness (QED) is 0.511. The van der Waals surface area contributed by atoms with Gasteiger partial charge in [-0.25, -0.2) is 4.99 Å². The molecule has 0 aromatic rings. The molecule has 0 saturated heterocycles. The van der Waals surface area contributed by atoms with E-state index in [0.29, 0.717) is 6.54 Å². The standard InChI is InChI=1S/C5H5N3O2/c9-5(8-10)4-1-6-3-7-2-4/h1,3H,2H2,(H,6,7). The summed E-state index contributed by atoms with van der Waals surface area (Å²) in [5.41, 5.74) is 0.289. The van der Waals surface area contributed by atoms with E-state index in [1.165, 1.54) is 12.5 Å². The fraction of sp³-hybridized carbons (Fsp3) is 0.200. The third-order valence-corrected chi connectivity index (χ3v) is 1.05. The molecule has 0 bridgehead atoms. The molecule has 1 aliphatic heterocycles. The number of nitroso groups, excluding NO2 is 1. The van der Waals surface area contributed by atoms with Gasteiger partial charge < -0.3 is 5.32 Å². The van der Waals surface area contributed by atoms with Gasteiger partial charge in [-0.05, 0) is 0 Å². The van der Waals surface area contributed by atoms with Crippen LogP contribution in [0.15, 0.2) is 21.9 Å². The summed E-state index contributed by atoms with van der Waals surface area (Å²) in [5.74, 6) is -0.760. The molecule has 0 saturated carbocycles. The minimum Gasteiger partial charge on any atom is -0.372 e. The van der Waals surface area contributed by atoms with E-state index in [1.54, 1.807) is 0 Å². The molecule has 1 rings (SSSR count). The van der Waals surface area contributed by atoms with Crippen LogP contribution in [0.1, 0.15) is 0 Å². The fourth-order valence-electron chi connectivity index (χ4n) is 0.571. The Bertz CT molecular complexity index is 219. The summed E-state index contributed by atoms with van der Waals surface area (Å²) < 4.78 is 0. The first kappa shape index (κ1) is 6.60. The SMILES string of the molecule is O=NC(=O)C1=CN=CNC1. The monoisotopic (exact) mass is 139 g/mol. The van der Waals surface area contributed by atoms with E-state index < -0.39 is 5.91 Å². The van der Waals surface area contributed by atoms with Crippen molar-refractivity contribution < 1.29 is 4.79 Å². The van der Waals surface area contributed by atoms with E-state index in [9.17, 15) is 9.70 Å². The van der Waals surface area contributed by atoms with E-state index in [0.717, 1.165) is 0 Å². The maximum absolute atomic E-state index is 10.5. The van der Waals surface area contributed by atoms with Crippen molar-refractivity contribution in [3.8, 4) is 0 Å². The first-order valence-corrected chi connectivity index (χ1v) is 2.66. The second-order valence-electron chi connectivity index (χ2n) is 1.71. The third-order valence-electron chi connectivity index (χ3n) is 1.05. The van der Waals surface area contributed by atoms with Crippen LogP contribution in [-0.4, -0.2) is 18.8 Å². The van der Waals surface area contributed by atoms with Crippen molar-refractivity contribution in [1.82, 2.24) is 5.32 Å². The molecule has 0 fully saturated rings. The Labute approximate surface area is 56.8 Å². The summed E-state index contributed by atoms with van der Waals surface area (Å²) >= 11 is 0. The first-order valence-electron chi connectivity index (χ1n) is 2.66. The van der Waals surface area contributed by atoms with E-state index in [2.05, 4.69) is 15.5 Å². The van der Waals surface area contributed by atoms with Gasteiger partial charge >= 0.3 is 5.91 Å². The van der Waals surface area contributed by atoms with Crippen molar-refractivity contribution in [2.24, 2.45) is 10.2 Å². The van der Waals surface area contributed by atoms with E-state index >= 15 is 0 Å². The highest BCUT2D eigenvalue weighted by Gasteiger charge is 2.09. The van der Waals surface area contributed by atoms with Crippen molar-refractivity contribution in [2.45, 2.75) is 0 Å². The molecule has 0 radical (unpaired) electrons. The minimum atomic E-state index is -0.760. The molecular formula is C5H5N3O2. The smallest absolute Gasteiger partial charge is 0.316 e. The molecule has 0 spiro atoms. The average molecular weight is 139 g/mol. The molecule has 1 aliphatic rings. The molecule has 10 heavy (non-hydrogen) atoms. The number of carbonyl (C=O) groups is 1. The molecule has 5 nitrogen and oxygen atoms in total. The van der Waals surface area contributed by atoms with Crippen molar-refractivity contribution >= 4 is 12.2 Å². The Morgan fingerprint density at radius 2 is 2.60 bits per heavy atom. The lowest BCUT2D eigenvalue weighted by molar-refractivity contribution is -0.114. The predicted molar refractivity (Wildman–Crippen MR) is 35.4 cm³/mol. The molecule has 0 aliphatic carbocycles. The second kappa shape index (κ2) is 2.86. The number of hydrogen-bond acceptors (Lipinski definition) is 4. The fourth-order valence-corrected chi connectivity index (χ4v) is 0.571. The van der Waals surface area contributed by atoms with Gasteiger partial charge in [-0.2, -0.15) is 0 Å². The van der Waals surface area contributed by atoms with Crippen LogP contribution < -0.4 is 5.32 Å². The summed E-state index contributed by atoms with van der Waals surface area (Å²) in [7, 11) is 0. The van der Waals surface area contributed by atoms with Gasteiger partial charge in [0.25, 0.3) is 0 Å². The lowest BCUT2D eigenvalue weighted by Gasteiger charge is -2.03. The van der Waals surface area contributed by atoms with Gasteiger partial charge in [0, 0.05) is 17.9 Å². The number of rotatable bonds is 1. The van der Waals surface area contributed by atoms with Gasteiger partial charge in [0.2, 0.25) is 0 Å². The van der Waals surface area contributed by atoms with Gasteiger partial charge in [0.1, 0.15) is 0 Å². The van der Waals surface area contributed by atoms with Crippen LogP contribution in [0, 0.1) is 4.91 Å². The van der Waals surface area contributed by atoms with Gasteiger partial charge in [0.05, 0.1) is 11.9 Å². The Hall–Kier alpha value is -1.52. The van der Waals surface area contributed by atoms with Crippen molar-refractivity contribution in [3.05, 3.63) is 16.7 Å². The van der Waals surface area contributed by atoms with E-state index in [-0.39, 0.29) is 5.57 Å². The molecule has 52 valence electrons. The van der Waals surface area contributed by atoms with Crippen molar-refractivity contribution in [3.63, 3.8) is 0 Å². The maximum atomic E-state index is 10.5. The molecule has 0 aromatic heterocycles. The Kier molecular flexibility index (Phi) is 1.89. The maximum Gasteiger partial charge on any atom is 0.316 e. The topological polar surface area (TPSA) is 70.9 Å². The molecule has 0 atom stereocenters. The molecular weight excluding hydrogens is 134 g/mol. The number of nitrogens with zero attached hydrogens (tertiary/aromatic N) is 2. The zero-order valence-corrected chi connectivity index (χ0v) is 5.07. The molecule has 1 amide bonds. The highest BCUT2D eigenvalue weighted by Crippen LogP contribution is 1.98. The third kappa shape index (κ3) is 1.25. The largest absolute Gasteiger partial charge is 0.372 e. The number of aliphatic imine (C=N–C) groups is 1. The Balaban J connectivity index is 2.71. The van der Waals surface area contributed by atoms with Crippen LogP contribution in [0.4, 0.5) is 0 Å². The molecule has 0 aromatic carbocycles. The summed E-state index contributed by atoms with van der Waals surface area (Å²) in [5, 5.41) is 4.91. The van der Waals surface area contributed by atoms with Crippen LogP contribution in [0.5, 0.6) is 0 Å². The predicted octanol–water partition coefficient (Wildman–Crippen LogP) is -0.205. The second-order valence-corrected chi connectivity index (χ2v) is 1.71. The first-order chi connectivity index (χ1) is 4.84. The summed E-state index contributed by atoms with van der Waals surface area (Å²) in [6.07, 6.45) is 2.77. The summed E-state index contributed by atoms with van der Waals surface area (Å²) in [6.45, 7) is 0.327. The van der Waals surface area contributed by atoms with Gasteiger partial charge in [-0.15, -0.1) is 4.91 Å². The highest BCUT2D eigenvalue weighted by atomic mass is 16.3. The highest BCUT2D eigenvalue weighted by molar-refractivity contribution is 5.95. The zero-order chi connectivity index (χ0) is 7.40. The number of carbonyl (C=O) groups excluding carboxylic acids is 1. The minimum absolute atomic E-state index is 0.289. The molecule has 1 heterocycles. The van der Waals surface area contributed by atoms with Crippen LogP contribution in [-0.2, 0) is 4.79 Å². The van der Waals surface area contributed by atoms with Crippen LogP contribution in [0.3, 0.4) is 0 Å². The molecule has 1 N–H and O–H groups in total. The van der Waals surface area contributed by atoms with Crippen molar-refractivity contribution in [2.75, 3.05) is 6.54 Å². The Morgan fingerprint density at radius 1 is 1.80 bits per heavy atom. The van der Waals surface area contributed by atoms with Crippen LogP contribution in [0.2, 0.25) is 0 Å². The van der Waals surface area contributed by atoms with Gasteiger partial charge in [0.15, 0.2) is 0 Å². The van der Waals surface area contributed by atoms with Crippen LogP contribution in [0.25, 0.3) is 0 Å². The van der Waals surface area contributed by atoms with Gasteiger partial charge in [-0.1, -0.05) is 0 Å². The average Bonchev–Trinajstić information content (AvgIpc) is 2.05. The number of nitrogens with one attached hydrogen (secondary N) is 1. The molecule has 0 unspecified atom stereocenters. The summed E-state index contributed by atoms with van der Waals surface area (Å²) in [4.78, 5) is 23.8. The number of hydrogen-bond donors (Lipinski definition) is 1. The number of amides is 1. The van der Waals surface area contributed by atoms with E-state index in [4.69, 9.17) is 0 Å². The Morgan fingerprint density at radius 3 is 3.10 bits per heavy atom. The van der Waals surface area contributed by atoms with Crippen LogP contribution >= 0.6 is 0 Å². The zero-order valence-electron chi connectivity index (χ0n) is 5.07. The summed E-state index contributed by atoms with van der Waals surface area (Å²) in [6, 6.07) is 0. The normalized spacial score (nSPS) is 15.4. The molecule has 5 heteroatoms. The lowest BCUT2D eigenvalue weighted by Crippen LogP contribution is -2.21. The van der Waals surface area contributed by atoms with Crippen molar-refractivity contribution in [1.29, 1.82) is 0 Å².